The van der Waals surface area contributed by atoms with E-state index in [9.17, 15) is 9.59 Å². The molecule has 0 unspecified atom stereocenters. The van der Waals surface area contributed by atoms with Crippen molar-refractivity contribution in [2.45, 2.75) is 13.8 Å². The molecule has 0 aliphatic rings. The van der Waals surface area contributed by atoms with Crippen LogP contribution in [0.3, 0.4) is 0 Å². The predicted molar refractivity (Wildman–Crippen MR) is 101 cm³/mol. The van der Waals surface area contributed by atoms with Crippen LogP contribution < -0.4 is 14.8 Å². The molecule has 6 heteroatoms. The monoisotopic (exact) mass is 356 g/mol. The van der Waals surface area contributed by atoms with Gasteiger partial charge in [0.25, 0.3) is 5.91 Å². The summed E-state index contributed by atoms with van der Waals surface area (Å²) in [4.78, 5) is 25.5. The molecule has 0 aliphatic carbocycles. The van der Waals surface area contributed by atoms with Crippen LogP contribution in [0.4, 0.5) is 5.69 Å². The van der Waals surface area contributed by atoms with Crippen molar-refractivity contribution in [1.82, 2.24) is 4.90 Å². The number of carbonyl (C=O) groups is 2. The lowest BCUT2D eigenvalue weighted by molar-refractivity contribution is -0.135. The van der Waals surface area contributed by atoms with E-state index in [1.165, 1.54) is 4.90 Å². The number of anilines is 1. The highest BCUT2D eigenvalue weighted by Crippen LogP contribution is 2.17. The molecule has 0 heterocycles. The molecule has 0 bridgehead atoms. The lowest BCUT2D eigenvalue weighted by atomic mass is 10.2. The Labute approximate surface area is 153 Å². The fourth-order valence-electron chi connectivity index (χ4n) is 2.20. The fraction of sp³-hybridized carbons (Fsp3) is 0.300. The van der Waals surface area contributed by atoms with Crippen molar-refractivity contribution in [3.8, 4) is 11.5 Å². The Morgan fingerprint density at radius 3 is 2.12 bits per heavy atom. The Morgan fingerprint density at radius 2 is 1.54 bits per heavy atom. The smallest absolute Gasteiger partial charge is 0.260 e. The summed E-state index contributed by atoms with van der Waals surface area (Å²) in [5.74, 6) is 0.777. The molecule has 0 aliphatic heterocycles. The van der Waals surface area contributed by atoms with Gasteiger partial charge < -0.3 is 19.7 Å². The molecular formula is C20H24N2O4. The first kappa shape index (κ1) is 19.3. The molecule has 0 spiro atoms. The molecule has 6 nitrogen and oxygen atoms in total. The number of nitrogens with zero attached hydrogens (tertiary/aromatic N) is 1. The average Bonchev–Trinajstić information content (AvgIpc) is 2.63. The number of carbonyl (C=O) groups excluding carboxylic acids is 2. The normalized spacial score (nSPS) is 10.1. The van der Waals surface area contributed by atoms with Crippen LogP contribution in [0.5, 0.6) is 11.5 Å². The summed E-state index contributed by atoms with van der Waals surface area (Å²) in [5, 5.41) is 2.76. The van der Waals surface area contributed by atoms with E-state index < -0.39 is 0 Å². The second kappa shape index (κ2) is 9.46. The third-order valence-electron chi connectivity index (χ3n) is 3.64. The van der Waals surface area contributed by atoms with E-state index in [0.29, 0.717) is 18.0 Å². The van der Waals surface area contributed by atoms with Gasteiger partial charge in [0.05, 0.1) is 13.2 Å². The Bertz CT molecular complexity index is 726. The number of hydrogen-bond donors (Lipinski definition) is 1. The van der Waals surface area contributed by atoms with Gasteiger partial charge >= 0.3 is 0 Å². The number of nitrogens with one attached hydrogen (secondary N) is 1. The highest BCUT2D eigenvalue weighted by molar-refractivity contribution is 5.94. The van der Waals surface area contributed by atoms with Crippen LogP contribution in [0.2, 0.25) is 0 Å². The molecule has 2 aromatic rings. The Kier molecular flexibility index (Phi) is 7.02. The molecule has 26 heavy (non-hydrogen) atoms. The average molecular weight is 356 g/mol. The van der Waals surface area contributed by atoms with Gasteiger partial charge in [-0.15, -0.1) is 0 Å². The first-order valence-electron chi connectivity index (χ1n) is 8.44. The Morgan fingerprint density at radius 1 is 0.962 bits per heavy atom. The Balaban J connectivity index is 1.77. The van der Waals surface area contributed by atoms with Gasteiger partial charge in [0, 0.05) is 12.7 Å². The standard InChI is InChI=1S/C20H24N2O4/c1-4-25-17-9-11-18(12-10-17)26-14-20(24)22(3)13-19(23)21-16-7-5-15(2)6-8-16/h5-12H,4,13-14H2,1-3H3,(H,21,23). The van der Waals surface area contributed by atoms with Crippen molar-refractivity contribution in [3.05, 3.63) is 54.1 Å². The highest BCUT2D eigenvalue weighted by Gasteiger charge is 2.14. The van der Waals surface area contributed by atoms with Crippen LogP contribution >= 0.6 is 0 Å². The zero-order valence-electron chi connectivity index (χ0n) is 15.3. The minimum Gasteiger partial charge on any atom is -0.494 e. The third-order valence-corrected chi connectivity index (χ3v) is 3.64. The SMILES string of the molecule is CCOc1ccc(OCC(=O)N(C)CC(=O)Nc2ccc(C)cc2)cc1. The molecule has 2 aromatic carbocycles. The number of ether oxygens (including phenoxy) is 2. The van der Waals surface area contributed by atoms with Crippen molar-refractivity contribution < 1.29 is 19.1 Å². The van der Waals surface area contributed by atoms with Crippen molar-refractivity contribution in [2.75, 3.05) is 32.1 Å². The van der Waals surface area contributed by atoms with E-state index >= 15 is 0 Å². The summed E-state index contributed by atoms with van der Waals surface area (Å²) in [5.41, 5.74) is 1.81. The topological polar surface area (TPSA) is 67.9 Å². The summed E-state index contributed by atoms with van der Waals surface area (Å²) in [6.45, 7) is 4.30. The maximum Gasteiger partial charge on any atom is 0.260 e. The van der Waals surface area contributed by atoms with Crippen LogP contribution in [0, 0.1) is 6.92 Å². The molecule has 0 atom stereocenters. The molecule has 138 valence electrons. The number of likely N-dealkylation sites (N-methyl/N-ethyl adjacent to an activating group) is 1. The summed E-state index contributed by atoms with van der Waals surface area (Å²) in [6.07, 6.45) is 0. The largest absolute Gasteiger partial charge is 0.494 e. The quantitative estimate of drug-likeness (QED) is 0.790. The van der Waals surface area contributed by atoms with Crippen molar-refractivity contribution in [3.63, 3.8) is 0 Å². The molecule has 0 saturated carbocycles. The summed E-state index contributed by atoms with van der Waals surface area (Å²) < 4.78 is 10.8. The van der Waals surface area contributed by atoms with Crippen LogP contribution in [0.15, 0.2) is 48.5 Å². The first-order chi connectivity index (χ1) is 12.5. The zero-order valence-corrected chi connectivity index (χ0v) is 15.3. The van der Waals surface area contributed by atoms with Crippen LogP contribution in [0.25, 0.3) is 0 Å². The van der Waals surface area contributed by atoms with Gasteiger partial charge in [0.1, 0.15) is 11.5 Å². The summed E-state index contributed by atoms with van der Waals surface area (Å²) in [7, 11) is 1.57. The van der Waals surface area contributed by atoms with Crippen LogP contribution in [-0.4, -0.2) is 43.5 Å². The second-order valence-electron chi connectivity index (χ2n) is 5.86. The van der Waals surface area contributed by atoms with E-state index in [1.807, 2.05) is 38.1 Å². The molecule has 1 N–H and O–H groups in total. The van der Waals surface area contributed by atoms with E-state index in [4.69, 9.17) is 9.47 Å². The third kappa shape index (κ3) is 6.12. The number of benzene rings is 2. The number of aryl methyl sites for hydroxylation is 1. The minimum absolute atomic E-state index is 0.0423. The summed E-state index contributed by atoms with van der Waals surface area (Å²) >= 11 is 0. The van der Waals surface area contributed by atoms with Crippen molar-refractivity contribution in [2.24, 2.45) is 0 Å². The fourth-order valence-corrected chi connectivity index (χ4v) is 2.20. The molecule has 2 rings (SSSR count). The second-order valence-corrected chi connectivity index (χ2v) is 5.86. The molecule has 0 fully saturated rings. The molecule has 0 aromatic heterocycles. The van der Waals surface area contributed by atoms with E-state index in [-0.39, 0.29) is 25.0 Å². The van der Waals surface area contributed by atoms with Gasteiger partial charge in [0.15, 0.2) is 6.61 Å². The minimum atomic E-state index is -0.280. The molecule has 2 amide bonds. The first-order valence-corrected chi connectivity index (χ1v) is 8.44. The van der Waals surface area contributed by atoms with E-state index in [0.717, 1.165) is 11.3 Å². The highest BCUT2D eigenvalue weighted by atomic mass is 16.5. The maximum absolute atomic E-state index is 12.1. The van der Waals surface area contributed by atoms with Gasteiger partial charge in [-0.25, -0.2) is 0 Å². The van der Waals surface area contributed by atoms with Gasteiger partial charge in [-0.2, -0.15) is 0 Å². The van der Waals surface area contributed by atoms with Gasteiger partial charge in [0.2, 0.25) is 5.91 Å². The molecule has 0 radical (unpaired) electrons. The van der Waals surface area contributed by atoms with Crippen molar-refractivity contribution >= 4 is 17.5 Å². The van der Waals surface area contributed by atoms with Gasteiger partial charge in [-0.3, -0.25) is 9.59 Å². The van der Waals surface area contributed by atoms with E-state index in [2.05, 4.69) is 5.32 Å². The van der Waals surface area contributed by atoms with Gasteiger partial charge in [-0.05, 0) is 50.2 Å². The lowest BCUT2D eigenvalue weighted by Gasteiger charge is -2.17. The molecule has 0 saturated heterocycles. The van der Waals surface area contributed by atoms with Crippen molar-refractivity contribution in [1.29, 1.82) is 0 Å². The number of hydrogen-bond acceptors (Lipinski definition) is 4. The number of amides is 2. The van der Waals surface area contributed by atoms with Crippen LogP contribution in [-0.2, 0) is 9.59 Å². The zero-order chi connectivity index (χ0) is 18.9. The maximum atomic E-state index is 12.1. The van der Waals surface area contributed by atoms with Crippen LogP contribution in [0.1, 0.15) is 12.5 Å². The number of rotatable bonds is 8. The predicted octanol–water partition coefficient (Wildman–Crippen LogP) is 2.87. The summed E-state index contributed by atoms with van der Waals surface area (Å²) in [6, 6.07) is 14.5. The van der Waals surface area contributed by atoms with Gasteiger partial charge in [-0.1, -0.05) is 17.7 Å². The molecular weight excluding hydrogens is 332 g/mol. The van der Waals surface area contributed by atoms with E-state index in [1.54, 1.807) is 31.3 Å². The lowest BCUT2D eigenvalue weighted by Crippen LogP contribution is -2.37. The Hall–Kier alpha value is -3.02.